The summed E-state index contributed by atoms with van der Waals surface area (Å²) in [6.07, 6.45) is 7.97. The van der Waals surface area contributed by atoms with Crippen LogP contribution in [0, 0.1) is 11.8 Å². The van der Waals surface area contributed by atoms with Crippen LogP contribution in [-0.2, 0) is 17.6 Å². The van der Waals surface area contributed by atoms with Crippen LogP contribution in [0.2, 0.25) is 0 Å². The summed E-state index contributed by atoms with van der Waals surface area (Å²) in [6, 6.07) is 2.06. The normalized spacial score (nSPS) is 21.7. The van der Waals surface area contributed by atoms with Crippen LogP contribution in [0.3, 0.4) is 0 Å². The smallest absolute Gasteiger partial charge is 0.357 e. The highest BCUT2D eigenvalue weighted by Gasteiger charge is 2.32. The number of pyridine rings is 1. The van der Waals surface area contributed by atoms with Crippen molar-refractivity contribution in [3.63, 3.8) is 0 Å². The molecule has 3 nitrogen and oxygen atoms in total. The van der Waals surface area contributed by atoms with Gasteiger partial charge in [0.25, 0.3) is 0 Å². The van der Waals surface area contributed by atoms with E-state index >= 15 is 0 Å². The number of hydrogen-bond acceptors (Lipinski definition) is 3. The molecule has 0 aromatic carbocycles. The first-order valence-electron chi connectivity index (χ1n) is 6.91. The first kappa shape index (κ1) is 11.7. The van der Waals surface area contributed by atoms with Gasteiger partial charge in [0.1, 0.15) is 0 Å². The fourth-order valence-electron chi connectivity index (χ4n) is 2.99. The Balaban J connectivity index is 1.78. The second-order valence-electron chi connectivity index (χ2n) is 5.47. The van der Waals surface area contributed by atoms with Gasteiger partial charge in [-0.15, -0.1) is 0 Å². The lowest BCUT2D eigenvalue weighted by Crippen LogP contribution is -2.10. The molecule has 3 rings (SSSR count). The predicted molar refractivity (Wildman–Crippen MR) is 68.4 cm³/mol. The number of carbonyl (C=O) groups is 1. The standard InChI is InChI=1S/C15H19NO2/c1-2-18-15(17)14-13-9-11(7-10-3-4-10)8-12(13)5-6-16-14/h5-6,10-11H,2-4,7-9H2,1H3/t11-/m1/s1. The zero-order valence-electron chi connectivity index (χ0n) is 10.8. The van der Waals surface area contributed by atoms with Gasteiger partial charge in [-0.25, -0.2) is 9.78 Å². The van der Waals surface area contributed by atoms with E-state index in [9.17, 15) is 4.79 Å². The Labute approximate surface area is 108 Å². The Hall–Kier alpha value is -1.38. The molecule has 2 aliphatic rings. The number of rotatable bonds is 4. The Morgan fingerprint density at radius 3 is 2.94 bits per heavy atom. The minimum atomic E-state index is -0.263. The Morgan fingerprint density at radius 2 is 2.22 bits per heavy atom. The fourth-order valence-corrected chi connectivity index (χ4v) is 2.99. The summed E-state index contributed by atoms with van der Waals surface area (Å²) in [5, 5.41) is 0. The Morgan fingerprint density at radius 1 is 1.39 bits per heavy atom. The quantitative estimate of drug-likeness (QED) is 0.766. The lowest BCUT2D eigenvalue weighted by Gasteiger charge is -2.07. The number of esters is 1. The molecule has 0 saturated heterocycles. The molecule has 1 heterocycles. The third-order valence-electron chi connectivity index (χ3n) is 3.99. The number of aromatic nitrogens is 1. The molecule has 0 aliphatic heterocycles. The van der Waals surface area contributed by atoms with Gasteiger partial charge < -0.3 is 4.74 Å². The van der Waals surface area contributed by atoms with E-state index in [0.29, 0.717) is 18.2 Å². The van der Waals surface area contributed by atoms with Crippen molar-refractivity contribution in [2.75, 3.05) is 6.61 Å². The molecule has 0 N–H and O–H groups in total. The molecule has 0 bridgehead atoms. The van der Waals surface area contributed by atoms with E-state index in [1.807, 2.05) is 6.92 Å². The van der Waals surface area contributed by atoms with E-state index in [0.717, 1.165) is 24.3 Å². The van der Waals surface area contributed by atoms with Gasteiger partial charge in [0.15, 0.2) is 5.69 Å². The molecule has 0 amide bonds. The molecule has 0 spiro atoms. The van der Waals surface area contributed by atoms with Crippen LogP contribution < -0.4 is 0 Å². The summed E-state index contributed by atoms with van der Waals surface area (Å²) < 4.78 is 5.08. The summed E-state index contributed by atoms with van der Waals surface area (Å²) in [6.45, 7) is 2.24. The second-order valence-corrected chi connectivity index (χ2v) is 5.47. The third kappa shape index (κ3) is 2.26. The van der Waals surface area contributed by atoms with Crippen LogP contribution in [0.4, 0.5) is 0 Å². The number of carbonyl (C=O) groups excluding carboxylic acids is 1. The van der Waals surface area contributed by atoms with Crippen LogP contribution in [0.15, 0.2) is 12.3 Å². The highest BCUT2D eigenvalue weighted by atomic mass is 16.5. The first-order valence-corrected chi connectivity index (χ1v) is 6.91. The molecule has 96 valence electrons. The minimum Gasteiger partial charge on any atom is -0.461 e. The molecule has 3 heteroatoms. The van der Waals surface area contributed by atoms with Gasteiger partial charge in [0, 0.05) is 6.20 Å². The van der Waals surface area contributed by atoms with Crippen molar-refractivity contribution >= 4 is 5.97 Å². The molecule has 0 unspecified atom stereocenters. The topological polar surface area (TPSA) is 39.2 Å². The van der Waals surface area contributed by atoms with Crippen molar-refractivity contribution in [3.05, 3.63) is 29.1 Å². The zero-order valence-corrected chi connectivity index (χ0v) is 10.8. The van der Waals surface area contributed by atoms with Crippen LogP contribution >= 0.6 is 0 Å². The van der Waals surface area contributed by atoms with Crippen LogP contribution in [0.1, 0.15) is 47.8 Å². The van der Waals surface area contributed by atoms with Crippen LogP contribution in [-0.4, -0.2) is 17.6 Å². The zero-order chi connectivity index (χ0) is 12.5. The Kier molecular flexibility index (Phi) is 3.06. The van der Waals surface area contributed by atoms with Gasteiger partial charge in [0.05, 0.1) is 6.61 Å². The van der Waals surface area contributed by atoms with Gasteiger partial charge in [-0.05, 0) is 55.2 Å². The van der Waals surface area contributed by atoms with Crippen LogP contribution in [0.5, 0.6) is 0 Å². The van der Waals surface area contributed by atoms with E-state index in [2.05, 4.69) is 11.1 Å². The lowest BCUT2D eigenvalue weighted by atomic mass is 9.99. The highest BCUT2D eigenvalue weighted by Crippen LogP contribution is 2.40. The number of nitrogens with zero attached hydrogens (tertiary/aromatic N) is 1. The van der Waals surface area contributed by atoms with Crippen LogP contribution in [0.25, 0.3) is 0 Å². The van der Waals surface area contributed by atoms with E-state index in [4.69, 9.17) is 4.74 Å². The van der Waals surface area contributed by atoms with Crippen molar-refractivity contribution in [2.45, 2.75) is 39.0 Å². The summed E-state index contributed by atoms with van der Waals surface area (Å²) in [5.74, 6) is 1.40. The number of fused-ring (bicyclic) bond motifs is 1. The predicted octanol–water partition coefficient (Wildman–Crippen LogP) is 2.77. The van der Waals surface area contributed by atoms with Gasteiger partial charge in [-0.2, -0.15) is 0 Å². The summed E-state index contributed by atoms with van der Waals surface area (Å²) in [4.78, 5) is 16.1. The highest BCUT2D eigenvalue weighted by molar-refractivity contribution is 5.89. The van der Waals surface area contributed by atoms with E-state index in [1.165, 1.54) is 24.8 Å². The maximum atomic E-state index is 11.9. The molecule has 1 aromatic rings. The molecule has 18 heavy (non-hydrogen) atoms. The van der Waals surface area contributed by atoms with Crippen molar-refractivity contribution in [1.29, 1.82) is 0 Å². The largest absolute Gasteiger partial charge is 0.461 e. The van der Waals surface area contributed by atoms with E-state index in [-0.39, 0.29) is 5.97 Å². The maximum Gasteiger partial charge on any atom is 0.357 e. The third-order valence-corrected chi connectivity index (χ3v) is 3.99. The van der Waals surface area contributed by atoms with Crippen molar-refractivity contribution < 1.29 is 9.53 Å². The summed E-state index contributed by atoms with van der Waals surface area (Å²) in [7, 11) is 0. The fraction of sp³-hybridized carbons (Fsp3) is 0.600. The van der Waals surface area contributed by atoms with Gasteiger partial charge in [-0.1, -0.05) is 12.8 Å². The Bertz CT molecular complexity index is 466. The second kappa shape index (κ2) is 4.71. The monoisotopic (exact) mass is 245 g/mol. The van der Waals surface area contributed by atoms with E-state index in [1.54, 1.807) is 6.20 Å². The molecule has 1 aromatic heterocycles. The van der Waals surface area contributed by atoms with Gasteiger partial charge in [-0.3, -0.25) is 0 Å². The molecule has 1 fully saturated rings. The average Bonchev–Trinajstić information content (AvgIpc) is 3.06. The molecular weight excluding hydrogens is 226 g/mol. The van der Waals surface area contributed by atoms with Crippen molar-refractivity contribution in [1.82, 2.24) is 4.98 Å². The van der Waals surface area contributed by atoms with E-state index < -0.39 is 0 Å². The average molecular weight is 245 g/mol. The molecule has 2 aliphatic carbocycles. The first-order chi connectivity index (χ1) is 8.78. The molecule has 0 radical (unpaired) electrons. The summed E-state index contributed by atoms with van der Waals surface area (Å²) >= 11 is 0. The SMILES string of the molecule is CCOC(=O)c1nccc2c1C[C@H](CC1CC1)C2. The van der Waals surface area contributed by atoms with Crippen molar-refractivity contribution in [2.24, 2.45) is 11.8 Å². The molecular formula is C15H19NO2. The number of ether oxygens (including phenoxy) is 1. The summed E-state index contributed by atoms with van der Waals surface area (Å²) in [5.41, 5.74) is 2.99. The minimum absolute atomic E-state index is 0.263. The lowest BCUT2D eigenvalue weighted by molar-refractivity contribution is 0.0518. The number of hydrogen-bond donors (Lipinski definition) is 0. The molecule has 1 atom stereocenters. The van der Waals surface area contributed by atoms with Crippen molar-refractivity contribution in [3.8, 4) is 0 Å². The van der Waals surface area contributed by atoms with Gasteiger partial charge in [0.2, 0.25) is 0 Å². The molecule has 1 saturated carbocycles. The maximum absolute atomic E-state index is 11.9. The van der Waals surface area contributed by atoms with Gasteiger partial charge >= 0.3 is 5.97 Å².